The first-order chi connectivity index (χ1) is 20.4. The number of benzene rings is 4. The Labute approximate surface area is 250 Å². The lowest BCUT2D eigenvalue weighted by molar-refractivity contribution is -0.384. The van der Waals surface area contributed by atoms with Gasteiger partial charge in [0.1, 0.15) is 6.61 Å². The van der Waals surface area contributed by atoms with Crippen LogP contribution in [0.5, 0.6) is 11.5 Å². The predicted molar refractivity (Wildman–Crippen MR) is 165 cm³/mol. The summed E-state index contributed by atoms with van der Waals surface area (Å²) >= 11 is 3.52. The summed E-state index contributed by atoms with van der Waals surface area (Å²) in [6.45, 7) is 2.34. The Hall–Kier alpha value is -5.09. The number of carbonyl (C=O) groups is 1. The van der Waals surface area contributed by atoms with Crippen LogP contribution in [0.1, 0.15) is 28.4 Å². The van der Waals surface area contributed by atoms with Crippen molar-refractivity contribution in [1.82, 2.24) is 10.4 Å². The van der Waals surface area contributed by atoms with Crippen LogP contribution in [0.25, 0.3) is 22.2 Å². The van der Waals surface area contributed by atoms with E-state index in [9.17, 15) is 14.9 Å². The quantitative estimate of drug-likeness (QED) is 0.0989. The van der Waals surface area contributed by atoms with E-state index in [4.69, 9.17) is 14.5 Å². The van der Waals surface area contributed by atoms with E-state index in [2.05, 4.69) is 26.5 Å². The molecule has 0 atom stereocenters. The molecule has 0 aliphatic rings. The Balaban J connectivity index is 1.35. The van der Waals surface area contributed by atoms with Crippen molar-refractivity contribution in [2.24, 2.45) is 5.10 Å². The maximum Gasteiger partial charge on any atom is 0.272 e. The number of pyridine rings is 1. The van der Waals surface area contributed by atoms with Gasteiger partial charge in [0.25, 0.3) is 11.6 Å². The lowest BCUT2D eigenvalue weighted by Gasteiger charge is -2.14. The van der Waals surface area contributed by atoms with Gasteiger partial charge < -0.3 is 9.47 Å². The average molecular weight is 625 g/mol. The summed E-state index contributed by atoms with van der Waals surface area (Å²) in [5, 5.41) is 16.0. The molecule has 0 aliphatic carbocycles. The number of ether oxygens (including phenoxy) is 2. The molecule has 4 aromatic carbocycles. The second kappa shape index (κ2) is 13.0. The molecule has 5 aromatic rings. The molecule has 210 valence electrons. The zero-order valence-corrected chi connectivity index (χ0v) is 24.1. The SMILES string of the molecule is CCOc1cc(/C=N/NC(=O)c2cc(-c3ccccc3)nc3ccccc23)cc(Br)c1OCc1cccc([N+](=O)[O-])c1. The number of nitrogens with one attached hydrogen (secondary N) is 1. The maximum absolute atomic E-state index is 13.3. The Kier molecular flexibility index (Phi) is 8.84. The number of nitro benzene ring substituents is 1. The highest BCUT2D eigenvalue weighted by Gasteiger charge is 2.15. The molecule has 5 rings (SSSR count). The molecule has 0 saturated carbocycles. The number of rotatable bonds is 10. The van der Waals surface area contributed by atoms with Crippen LogP contribution in [0.3, 0.4) is 0 Å². The molecule has 1 N–H and O–H groups in total. The summed E-state index contributed by atoms with van der Waals surface area (Å²) in [6, 6.07) is 28.7. The maximum atomic E-state index is 13.3. The van der Waals surface area contributed by atoms with Gasteiger partial charge >= 0.3 is 0 Å². The molecule has 1 amide bonds. The monoisotopic (exact) mass is 624 g/mol. The molecule has 9 nitrogen and oxygen atoms in total. The van der Waals surface area contributed by atoms with E-state index in [1.54, 1.807) is 30.3 Å². The molecule has 42 heavy (non-hydrogen) atoms. The van der Waals surface area contributed by atoms with Gasteiger partial charge in [-0.05, 0) is 58.2 Å². The summed E-state index contributed by atoms with van der Waals surface area (Å²) in [4.78, 5) is 28.6. The summed E-state index contributed by atoms with van der Waals surface area (Å²) in [5.41, 5.74) is 6.67. The number of hydrogen-bond donors (Lipinski definition) is 1. The number of fused-ring (bicyclic) bond motifs is 1. The highest BCUT2D eigenvalue weighted by atomic mass is 79.9. The average Bonchev–Trinajstić information content (AvgIpc) is 3.00. The first kappa shape index (κ1) is 28.4. The summed E-state index contributed by atoms with van der Waals surface area (Å²) < 4.78 is 12.4. The highest BCUT2D eigenvalue weighted by molar-refractivity contribution is 9.10. The molecule has 0 unspecified atom stereocenters. The number of amides is 1. The van der Waals surface area contributed by atoms with Gasteiger partial charge in [-0.1, -0.05) is 60.7 Å². The second-order valence-electron chi connectivity index (χ2n) is 9.12. The zero-order valence-electron chi connectivity index (χ0n) is 22.5. The number of nitro groups is 1. The third kappa shape index (κ3) is 6.61. The van der Waals surface area contributed by atoms with Gasteiger partial charge in [0, 0.05) is 23.1 Å². The standard InChI is InChI=1S/C32H25BrN4O5/c1-2-41-30-17-22(16-27(33)31(30)42-20-21-9-8-12-24(15-21)37(39)40)19-34-36-32(38)26-18-29(23-10-4-3-5-11-23)35-28-14-7-6-13-25(26)28/h3-19H,2,20H2,1H3,(H,36,38)/b34-19+. The van der Waals surface area contributed by atoms with Crippen molar-refractivity contribution < 1.29 is 19.2 Å². The number of hydrazone groups is 1. The van der Waals surface area contributed by atoms with Crippen molar-refractivity contribution in [3.8, 4) is 22.8 Å². The van der Waals surface area contributed by atoms with E-state index in [-0.39, 0.29) is 18.2 Å². The first-order valence-electron chi connectivity index (χ1n) is 13.0. The number of para-hydroxylation sites is 1. The van der Waals surface area contributed by atoms with E-state index < -0.39 is 4.92 Å². The fraction of sp³-hybridized carbons (Fsp3) is 0.0938. The fourth-order valence-corrected chi connectivity index (χ4v) is 4.90. The number of aromatic nitrogens is 1. The van der Waals surface area contributed by atoms with Gasteiger partial charge in [0.05, 0.1) is 39.0 Å². The Morgan fingerprint density at radius 1 is 1.00 bits per heavy atom. The van der Waals surface area contributed by atoms with Crippen LogP contribution in [0.15, 0.2) is 107 Å². The molecule has 0 radical (unpaired) electrons. The molecule has 0 fully saturated rings. The molecular formula is C32H25BrN4O5. The minimum Gasteiger partial charge on any atom is -0.490 e. The lowest BCUT2D eigenvalue weighted by atomic mass is 10.0. The van der Waals surface area contributed by atoms with Crippen molar-refractivity contribution >= 4 is 44.6 Å². The molecule has 10 heteroatoms. The van der Waals surface area contributed by atoms with Crippen molar-refractivity contribution in [1.29, 1.82) is 0 Å². The van der Waals surface area contributed by atoms with Crippen molar-refractivity contribution in [2.75, 3.05) is 6.61 Å². The van der Waals surface area contributed by atoms with Gasteiger partial charge in [-0.2, -0.15) is 5.10 Å². The fourth-order valence-electron chi connectivity index (χ4n) is 4.33. The highest BCUT2D eigenvalue weighted by Crippen LogP contribution is 2.37. The van der Waals surface area contributed by atoms with E-state index >= 15 is 0 Å². The Morgan fingerprint density at radius 2 is 1.79 bits per heavy atom. The largest absolute Gasteiger partial charge is 0.490 e. The van der Waals surface area contributed by atoms with Crippen LogP contribution in [0.4, 0.5) is 5.69 Å². The third-order valence-electron chi connectivity index (χ3n) is 6.25. The summed E-state index contributed by atoms with van der Waals surface area (Å²) in [6.07, 6.45) is 1.51. The van der Waals surface area contributed by atoms with Gasteiger partial charge in [-0.15, -0.1) is 0 Å². The first-order valence-corrected chi connectivity index (χ1v) is 13.8. The smallest absolute Gasteiger partial charge is 0.272 e. The van der Waals surface area contributed by atoms with E-state index in [1.807, 2.05) is 61.5 Å². The van der Waals surface area contributed by atoms with Gasteiger partial charge in [-0.3, -0.25) is 14.9 Å². The molecule has 0 bridgehead atoms. The Morgan fingerprint density at radius 3 is 2.57 bits per heavy atom. The number of halogens is 1. The van der Waals surface area contributed by atoms with Crippen molar-refractivity contribution in [2.45, 2.75) is 13.5 Å². The van der Waals surface area contributed by atoms with Gasteiger partial charge in [0.2, 0.25) is 0 Å². The van der Waals surface area contributed by atoms with Crippen LogP contribution in [0.2, 0.25) is 0 Å². The molecule has 0 saturated heterocycles. The van der Waals surface area contributed by atoms with Crippen molar-refractivity contribution in [3.05, 3.63) is 128 Å². The minimum atomic E-state index is -0.447. The van der Waals surface area contributed by atoms with Crippen LogP contribution in [-0.2, 0) is 6.61 Å². The van der Waals surface area contributed by atoms with Crippen LogP contribution >= 0.6 is 15.9 Å². The second-order valence-corrected chi connectivity index (χ2v) is 9.97. The minimum absolute atomic E-state index is 0.00939. The number of carbonyl (C=O) groups excluding carboxylic acids is 1. The molecule has 0 aliphatic heterocycles. The van der Waals surface area contributed by atoms with Crippen molar-refractivity contribution in [3.63, 3.8) is 0 Å². The van der Waals surface area contributed by atoms with Crippen LogP contribution in [-0.4, -0.2) is 28.6 Å². The molecular weight excluding hydrogens is 600 g/mol. The number of non-ortho nitro benzene ring substituents is 1. The van der Waals surface area contributed by atoms with Gasteiger partial charge in [0.15, 0.2) is 11.5 Å². The number of hydrogen-bond acceptors (Lipinski definition) is 7. The molecule has 1 heterocycles. The molecule has 1 aromatic heterocycles. The zero-order chi connectivity index (χ0) is 29.5. The summed E-state index contributed by atoms with van der Waals surface area (Å²) in [5.74, 6) is 0.530. The van der Waals surface area contributed by atoms with Crippen LogP contribution in [0, 0.1) is 10.1 Å². The topological polar surface area (TPSA) is 116 Å². The van der Waals surface area contributed by atoms with Crippen LogP contribution < -0.4 is 14.9 Å². The van der Waals surface area contributed by atoms with E-state index in [0.29, 0.717) is 50.5 Å². The normalized spacial score (nSPS) is 11.0. The third-order valence-corrected chi connectivity index (χ3v) is 6.84. The molecule has 0 spiro atoms. The predicted octanol–water partition coefficient (Wildman–Crippen LogP) is 7.31. The Bertz CT molecular complexity index is 1790. The van der Waals surface area contributed by atoms with Gasteiger partial charge in [-0.25, -0.2) is 10.4 Å². The number of nitrogens with zero attached hydrogens (tertiary/aromatic N) is 3. The van der Waals surface area contributed by atoms with E-state index in [1.165, 1.54) is 18.3 Å². The summed E-state index contributed by atoms with van der Waals surface area (Å²) in [7, 11) is 0. The van der Waals surface area contributed by atoms with E-state index in [0.717, 1.165) is 10.9 Å². The lowest BCUT2D eigenvalue weighted by Crippen LogP contribution is -2.18.